The molecule has 0 aliphatic carbocycles. The van der Waals surface area contributed by atoms with Crippen molar-refractivity contribution in [3.8, 4) is 10.7 Å². The van der Waals surface area contributed by atoms with Gasteiger partial charge in [0.2, 0.25) is 5.91 Å². The second-order valence-electron chi connectivity index (χ2n) is 8.23. The number of nitrogens with zero attached hydrogens (tertiary/aromatic N) is 3. The van der Waals surface area contributed by atoms with E-state index in [4.69, 9.17) is 17.0 Å². The number of allylic oxidation sites excluding steroid dienone is 1. The summed E-state index contributed by atoms with van der Waals surface area (Å²) in [6, 6.07) is 7.00. The van der Waals surface area contributed by atoms with Crippen LogP contribution in [-0.2, 0) is 22.5 Å². The molecule has 2 aromatic heterocycles. The molecule has 0 saturated carbocycles. The average molecular weight is 487 g/mol. The van der Waals surface area contributed by atoms with E-state index in [1.807, 2.05) is 11.5 Å². The van der Waals surface area contributed by atoms with Gasteiger partial charge in [0, 0.05) is 12.2 Å². The zero-order valence-electron chi connectivity index (χ0n) is 18.9. The predicted octanol–water partition coefficient (Wildman–Crippen LogP) is 5.09. The van der Waals surface area contributed by atoms with E-state index in [0.29, 0.717) is 28.0 Å². The van der Waals surface area contributed by atoms with Gasteiger partial charge in [-0.25, -0.2) is 9.78 Å². The van der Waals surface area contributed by atoms with Crippen molar-refractivity contribution in [2.24, 2.45) is 0 Å². The minimum atomic E-state index is -0.577. The summed E-state index contributed by atoms with van der Waals surface area (Å²) >= 11 is 6.60. The van der Waals surface area contributed by atoms with E-state index in [1.54, 1.807) is 51.1 Å². The first-order valence-corrected chi connectivity index (χ1v) is 11.4. The van der Waals surface area contributed by atoms with Crippen LogP contribution in [0.1, 0.15) is 32.0 Å². The smallest absolute Gasteiger partial charge is 0.412 e. The number of aromatic amines is 1. The number of ether oxygens (including phenoxy) is 1. The van der Waals surface area contributed by atoms with Crippen LogP contribution in [0.4, 0.5) is 15.6 Å². The fourth-order valence-electron chi connectivity index (χ4n) is 2.92. The molecule has 33 heavy (non-hydrogen) atoms. The Morgan fingerprint density at radius 3 is 2.61 bits per heavy atom. The molecule has 0 spiro atoms. The molecule has 174 valence electrons. The first kappa shape index (κ1) is 24.3. The van der Waals surface area contributed by atoms with Crippen molar-refractivity contribution < 1.29 is 14.3 Å². The summed E-state index contributed by atoms with van der Waals surface area (Å²) in [5.41, 5.74) is 1.55. The van der Waals surface area contributed by atoms with E-state index >= 15 is 0 Å². The van der Waals surface area contributed by atoms with Crippen LogP contribution >= 0.6 is 23.6 Å². The maximum absolute atomic E-state index is 12.5. The van der Waals surface area contributed by atoms with Crippen LogP contribution in [0.2, 0.25) is 0 Å². The molecule has 1 aromatic carbocycles. The molecule has 0 unspecified atom stereocenters. The number of benzene rings is 1. The average Bonchev–Trinajstić information content (AvgIpc) is 3.24. The Morgan fingerprint density at radius 2 is 1.97 bits per heavy atom. The van der Waals surface area contributed by atoms with Crippen molar-refractivity contribution in [1.82, 2.24) is 19.7 Å². The third-order valence-corrected chi connectivity index (χ3v) is 5.66. The Kier molecular flexibility index (Phi) is 7.44. The van der Waals surface area contributed by atoms with Gasteiger partial charge in [0.05, 0.1) is 17.0 Å². The molecular weight excluding hydrogens is 460 g/mol. The third kappa shape index (κ3) is 6.59. The van der Waals surface area contributed by atoms with E-state index in [0.717, 1.165) is 16.1 Å². The van der Waals surface area contributed by atoms with Crippen molar-refractivity contribution in [2.45, 2.75) is 46.3 Å². The van der Waals surface area contributed by atoms with Crippen LogP contribution in [0.5, 0.6) is 0 Å². The van der Waals surface area contributed by atoms with Gasteiger partial charge in [0.25, 0.3) is 0 Å². The van der Waals surface area contributed by atoms with E-state index in [1.165, 1.54) is 11.3 Å². The molecule has 3 aromatic rings. The summed E-state index contributed by atoms with van der Waals surface area (Å²) in [6.07, 6.45) is 1.37. The lowest BCUT2D eigenvalue weighted by atomic mass is 10.1. The van der Waals surface area contributed by atoms with Crippen LogP contribution < -0.4 is 10.6 Å². The first-order valence-electron chi connectivity index (χ1n) is 10.2. The third-order valence-electron chi connectivity index (χ3n) is 4.28. The minimum absolute atomic E-state index is 0.163. The normalized spacial score (nSPS) is 11.2. The van der Waals surface area contributed by atoms with Gasteiger partial charge in [-0.3, -0.25) is 19.8 Å². The van der Waals surface area contributed by atoms with Crippen LogP contribution in [0.15, 0.2) is 36.9 Å². The summed E-state index contributed by atoms with van der Waals surface area (Å²) in [5, 5.41) is 13.1. The summed E-state index contributed by atoms with van der Waals surface area (Å²) in [4.78, 5) is 29.7. The van der Waals surface area contributed by atoms with Gasteiger partial charge in [-0.2, -0.15) is 5.10 Å². The molecule has 0 saturated heterocycles. The molecule has 0 bridgehead atoms. The van der Waals surface area contributed by atoms with Crippen LogP contribution in [0.3, 0.4) is 0 Å². The number of aryl methyl sites for hydroxylation is 1. The van der Waals surface area contributed by atoms with Crippen LogP contribution in [-0.4, -0.2) is 37.3 Å². The second-order valence-corrected chi connectivity index (χ2v) is 9.62. The molecule has 0 fully saturated rings. The Morgan fingerprint density at radius 1 is 1.27 bits per heavy atom. The van der Waals surface area contributed by atoms with Crippen molar-refractivity contribution in [1.29, 1.82) is 0 Å². The molecule has 0 atom stereocenters. The number of hydrogen-bond acceptors (Lipinski definition) is 7. The van der Waals surface area contributed by atoms with Crippen molar-refractivity contribution >= 4 is 46.4 Å². The number of anilines is 2. The molecule has 3 N–H and O–H groups in total. The van der Waals surface area contributed by atoms with Gasteiger partial charge in [-0.05, 0) is 57.6 Å². The van der Waals surface area contributed by atoms with E-state index in [2.05, 4.69) is 32.4 Å². The highest BCUT2D eigenvalue weighted by atomic mass is 32.1. The van der Waals surface area contributed by atoms with E-state index in [-0.39, 0.29) is 12.3 Å². The summed E-state index contributed by atoms with van der Waals surface area (Å²) in [7, 11) is 0. The van der Waals surface area contributed by atoms with Crippen LogP contribution in [0, 0.1) is 11.7 Å². The van der Waals surface area contributed by atoms with Crippen molar-refractivity contribution in [2.75, 3.05) is 10.6 Å². The number of aromatic nitrogens is 4. The van der Waals surface area contributed by atoms with Gasteiger partial charge in [0.1, 0.15) is 5.60 Å². The highest BCUT2D eigenvalue weighted by molar-refractivity contribution is 7.71. The molecule has 11 heteroatoms. The second kappa shape index (κ2) is 10.1. The predicted molar refractivity (Wildman–Crippen MR) is 132 cm³/mol. The number of thiazole rings is 1. The molecule has 2 amide bonds. The molecule has 3 rings (SSSR count). The number of carbonyl (C=O) groups excluding carboxylic acids is 2. The Balaban J connectivity index is 1.63. The molecule has 9 nitrogen and oxygen atoms in total. The lowest BCUT2D eigenvalue weighted by Gasteiger charge is -2.19. The first-order chi connectivity index (χ1) is 15.6. The zero-order valence-corrected chi connectivity index (χ0v) is 20.5. The number of nitrogens with one attached hydrogen (secondary N) is 3. The van der Waals surface area contributed by atoms with Gasteiger partial charge in [-0.1, -0.05) is 29.5 Å². The zero-order chi connectivity index (χ0) is 24.2. The van der Waals surface area contributed by atoms with Gasteiger partial charge in [-0.15, -0.1) is 6.58 Å². The summed E-state index contributed by atoms with van der Waals surface area (Å²) in [6.45, 7) is 11.5. The van der Waals surface area contributed by atoms with Crippen molar-refractivity contribution in [3.63, 3.8) is 0 Å². The minimum Gasteiger partial charge on any atom is -0.444 e. The molecule has 0 radical (unpaired) electrons. The maximum Gasteiger partial charge on any atom is 0.412 e. The lowest BCUT2D eigenvalue weighted by molar-refractivity contribution is -0.115. The summed E-state index contributed by atoms with van der Waals surface area (Å²) in [5.74, 6) is 0.455. The fourth-order valence-corrected chi connectivity index (χ4v) is 4.11. The van der Waals surface area contributed by atoms with E-state index in [9.17, 15) is 9.59 Å². The number of carbonyl (C=O) groups is 2. The number of hydrogen-bond donors (Lipinski definition) is 3. The van der Waals surface area contributed by atoms with Gasteiger partial charge >= 0.3 is 6.09 Å². The quantitative estimate of drug-likeness (QED) is 0.317. The Bertz CT molecular complexity index is 1220. The Labute approximate surface area is 200 Å². The monoisotopic (exact) mass is 486 g/mol. The fraction of sp³-hybridized carbons (Fsp3) is 0.318. The summed E-state index contributed by atoms with van der Waals surface area (Å²) < 4.78 is 7.54. The van der Waals surface area contributed by atoms with Gasteiger partial charge < -0.3 is 10.1 Å². The number of rotatable bonds is 7. The topological polar surface area (TPSA) is 114 Å². The molecule has 0 aliphatic rings. The lowest BCUT2D eigenvalue weighted by Crippen LogP contribution is -2.27. The highest BCUT2D eigenvalue weighted by Crippen LogP contribution is 2.31. The molecular formula is C22H26N6O3S2. The maximum atomic E-state index is 12.5. The van der Waals surface area contributed by atoms with E-state index < -0.39 is 11.7 Å². The Hall–Kier alpha value is -3.31. The van der Waals surface area contributed by atoms with Gasteiger partial charge in [0.15, 0.2) is 15.7 Å². The highest BCUT2D eigenvalue weighted by Gasteiger charge is 2.18. The SMILES string of the molecule is C=CCn1c(-c2sc(NC(=O)Cc3ccc(NC(=O)OC(C)(C)C)cc3)nc2C)n[nH]c1=S. The number of amides is 2. The molecule has 0 aliphatic heterocycles. The number of H-pyrrole nitrogens is 1. The van der Waals surface area contributed by atoms with Crippen LogP contribution in [0.25, 0.3) is 10.7 Å². The largest absolute Gasteiger partial charge is 0.444 e. The standard InChI is InChI=1S/C22H26N6O3S2/c1-6-11-28-18(26-27-20(28)32)17-13(2)23-19(33-17)25-16(29)12-14-7-9-15(10-8-14)24-21(30)31-22(3,4)5/h6-10H,1,11-12H2,2-5H3,(H,24,30)(H,27,32)(H,23,25,29). The van der Waals surface area contributed by atoms with Crippen molar-refractivity contribution in [3.05, 3.63) is 52.9 Å². The molecule has 2 heterocycles.